The molecule has 4 rings (SSSR count). The molecule has 7 nitrogen and oxygen atoms in total. The maximum atomic E-state index is 12.0. The lowest BCUT2D eigenvalue weighted by molar-refractivity contribution is -0.142. The molecule has 4 aromatic rings. The smallest absolute Gasteiger partial charge is 0.310 e. The lowest BCUT2D eigenvalue weighted by Crippen LogP contribution is -2.07. The molecule has 3 aromatic heterocycles. The molecule has 8 heteroatoms. The second kappa shape index (κ2) is 7.55. The van der Waals surface area contributed by atoms with Crippen molar-refractivity contribution >= 4 is 39.2 Å². The molecular formula is C19H17N5O2S. The summed E-state index contributed by atoms with van der Waals surface area (Å²) < 4.78 is 7.03. The van der Waals surface area contributed by atoms with Crippen LogP contribution in [0.3, 0.4) is 0 Å². The summed E-state index contributed by atoms with van der Waals surface area (Å²) >= 11 is 1.49. The number of aromatic nitrogens is 4. The molecule has 0 fully saturated rings. The average molecular weight is 379 g/mol. The monoisotopic (exact) mass is 379 g/mol. The van der Waals surface area contributed by atoms with Crippen LogP contribution in [0.25, 0.3) is 16.7 Å². The summed E-state index contributed by atoms with van der Waals surface area (Å²) in [4.78, 5) is 25.1. The van der Waals surface area contributed by atoms with Crippen molar-refractivity contribution in [2.24, 2.45) is 0 Å². The number of benzene rings is 1. The molecule has 0 radical (unpaired) electrons. The van der Waals surface area contributed by atoms with Crippen molar-refractivity contribution < 1.29 is 9.53 Å². The minimum Gasteiger partial charge on any atom is -0.466 e. The maximum absolute atomic E-state index is 12.0. The van der Waals surface area contributed by atoms with Gasteiger partial charge in [-0.25, -0.2) is 9.97 Å². The van der Waals surface area contributed by atoms with Crippen LogP contribution in [-0.4, -0.2) is 32.1 Å². The van der Waals surface area contributed by atoms with Crippen molar-refractivity contribution in [2.75, 3.05) is 11.9 Å². The van der Waals surface area contributed by atoms with Crippen LogP contribution in [0, 0.1) is 0 Å². The van der Waals surface area contributed by atoms with Crippen LogP contribution in [0.5, 0.6) is 0 Å². The molecule has 0 saturated carbocycles. The summed E-state index contributed by atoms with van der Waals surface area (Å²) in [6.07, 6.45) is 7.19. The van der Waals surface area contributed by atoms with Gasteiger partial charge in [-0.3, -0.25) is 14.3 Å². The lowest BCUT2D eigenvalue weighted by Gasteiger charge is -2.06. The zero-order valence-corrected chi connectivity index (χ0v) is 15.4. The van der Waals surface area contributed by atoms with Crippen molar-refractivity contribution in [1.82, 2.24) is 19.5 Å². The molecule has 3 heterocycles. The molecule has 0 spiro atoms. The van der Waals surface area contributed by atoms with Gasteiger partial charge in [-0.15, -0.1) is 11.3 Å². The normalized spacial score (nSPS) is 10.9. The van der Waals surface area contributed by atoms with Crippen LogP contribution in [-0.2, 0) is 16.0 Å². The van der Waals surface area contributed by atoms with Crippen LogP contribution in [0.4, 0.5) is 10.9 Å². The Morgan fingerprint density at radius 2 is 2.19 bits per heavy atom. The van der Waals surface area contributed by atoms with E-state index in [-0.39, 0.29) is 12.4 Å². The van der Waals surface area contributed by atoms with Crippen molar-refractivity contribution in [3.63, 3.8) is 0 Å². The fourth-order valence-electron chi connectivity index (χ4n) is 2.87. The van der Waals surface area contributed by atoms with Crippen LogP contribution in [0.2, 0.25) is 0 Å². The van der Waals surface area contributed by atoms with E-state index in [0.29, 0.717) is 18.2 Å². The van der Waals surface area contributed by atoms with Gasteiger partial charge in [0, 0.05) is 23.2 Å². The number of fused-ring (bicyclic) bond motifs is 1. The Labute approximate surface area is 159 Å². The number of thiazole rings is 1. The first-order valence-corrected chi connectivity index (χ1v) is 9.36. The van der Waals surface area contributed by atoms with Gasteiger partial charge in [-0.1, -0.05) is 18.2 Å². The van der Waals surface area contributed by atoms with Crippen LogP contribution in [0.15, 0.2) is 54.4 Å². The number of carbonyl (C=O) groups excluding carboxylic acids is 1. The molecule has 0 aliphatic heterocycles. The topological polar surface area (TPSA) is 81.9 Å². The zero-order valence-electron chi connectivity index (χ0n) is 14.6. The van der Waals surface area contributed by atoms with Gasteiger partial charge < -0.3 is 10.1 Å². The van der Waals surface area contributed by atoms with Gasteiger partial charge in [-0.2, -0.15) is 0 Å². The molecule has 1 aromatic carbocycles. The van der Waals surface area contributed by atoms with E-state index in [1.165, 1.54) is 11.3 Å². The minimum atomic E-state index is -0.245. The van der Waals surface area contributed by atoms with Crippen molar-refractivity contribution in [3.05, 3.63) is 60.0 Å². The predicted octanol–water partition coefficient (Wildman–Crippen LogP) is 3.73. The highest BCUT2D eigenvalue weighted by Crippen LogP contribution is 2.25. The Balaban J connectivity index is 1.72. The van der Waals surface area contributed by atoms with Gasteiger partial charge in [0.25, 0.3) is 0 Å². The Morgan fingerprint density at radius 3 is 3.00 bits per heavy atom. The molecule has 0 atom stereocenters. The molecular weight excluding hydrogens is 362 g/mol. The number of rotatable bonds is 6. The van der Waals surface area contributed by atoms with E-state index >= 15 is 0 Å². The van der Waals surface area contributed by atoms with Gasteiger partial charge >= 0.3 is 5.97 Å². The number of ether oxygens (including phenoxy) is 1. The predicted molar refractivity (Wildman–Crippen MR) is 105 cm³/mol. The third-order valence-corrected chi connectivity index (χ3v) is 4.66. The number of hydrogen-bond acceptors (Lipinski definition) is 7. The average Bonchev–Trinajstić information content (AvgIpc) is 3.31. The molecule has 0 aliphatic carbocycles. The second-order valence-corrected chi connectivity index (χ2v) is 6.64. The highest BCUT2D eigenvalue weighted by molar-refractivity contribution is 7.13. The maximum Gasteiger partial charge on any atom is 0.310 e. The zero-order chi connectivity index (χ0) is 18.6. The van der Waals surface area contributed by atoms with Crippen LogP contribution < -0.4 is 5.32 Å². The molecule has 0 saturated heterocycles. The SMILES string of the molecule is CCOC(=O)Cc1cn(-c2cncc(Nc3nccs3)n2)c2ccccc12. The summed E-state index contributed by atoms with van der Waals surface area (Å²) in [7, 11) is 0. The van der Waals surface area contributed by atoms with E-state index in [1.807, 2.05) is 40.4 Å². The standard InChI is InChI=1S/C19H17N5O2S/c1-2-26-18(25)9-13-12-24(15-6-4-3-5-14(13)15)17-11-20-10-16(22-17)23-19-21-7-8-27-19/h3-8,10-12H,2,9H2,1H3,(H,21,22,23). The summed E-state index contributed by atoms with van der Waals surface area (Å²) in [6, 6.07) is 7.89. The molecule has 0 amide bonds. The van der Waals surface area contributed by atoms with Gasteiger partial charge in [0.1, 0.15) is 0 Å². The van der Waals surface area contributed by atoms with E-state index in [9.17, 15) is 4.79 Å². The summed E-state index contributed by atoms with van der Waals surface area (Å²) in [5.41, 5.74) is 1.85. The highest BCUT2D eigenvalue weighted by atomic mass is 32.1. The van der Waals surface area contributed by atoms with Crippen molar-refractivity contribution in [2.45, 2.75) is 13.3 Å². The van der Waals surface area contributed by atoms with E-state index < -0.39 is 0 Å². The number of hydrogen-bond donors (Lipinski definition) is 1. The number of carbonyl (C=O) groups is 1. The first-order chi connectivity index (χ1) is 13.2. The first kappa shape index (κ1) is 17.2. The Bertz CT molecular complexity index is 1070. The summed E-state index contributed by atoms with van der Waals surface area (Å²) in [5.74, 6) is 1.01. The number of esters is 1. The van der Waals surface area contributed by atoms with E-state index in [2.05, 4.69) is 20.3 Å². The summed E-state index contributed by atoms with van der Waals surface area (Å²) in [5, 5.41) is 6.78. The largest absolute Gasteiger partial charge is 0.466 e. The third-order valence-electron chi connectivity index (χ3n) is 3.97. The number of nitrogens with zero attached hydrogens (tertiary/aromatic N) is 4. The molecule has 0 aliphatic rings. The fraction of sp³-hybridized carbons (Fsp3) is 0.158. The van der Waals surface area contributed by atoms with Gasteiger partial charge in [0.2, 0.25) is 0 Å². The summed E-state index contributed by atoms with van der Waals surface area (Å²) in [6.45, 7) is 2.17. The van der Waals surface area contributed by atoms with Crippen LogP contribution >= 0.6 is 11.3 Å². The highest BCUT2D eigenvalue weighted by Gasteiger charge is 2.14. The number of anilines is 2. The fourth-order valence-corrected chi connectivity index (χ4v) is 3.41. The van der Waals surface area contributed by atoms with Crippen LogP contribution in [0.1, 0.15) is 12.5 Å². The molecule has 0 unspecified atom stereocenters. The Kier molecular flexibility index (Phi) is 4.80. The van der Waals surface area contributed by atoms with Crippen molar-refractivity contribution in [1.29, 1.82) is 0 Å². The van der Waals surface area contributed by atoms with E-state index in [0.717, 1.165) is 21.6 Å². The van der Waals surface area contributed by atoms with Gasteiger partial charge in [-0.05, 0) is 18.6 Å². The molecule has 27 heavy (non-hydrogen) atoms. The molecule has 1 N–H and O–H groups in total. The Hall–Kier alpha value is -3.26. The quantitative estimate of drug-likeness (QED) is 0.514. The lowest BCUT2D eigenvalue weighted by atomic mass is 10.1. The molecule has 0 bridgehead atoms. The minimum absolute atomic E-state index is 0.214. The Morgan fingerprint density at radius 1 is 1.30 bits per heavy atom. The van der Waals surface area contributed by atoms with E-state index in [1.54, 1.807) is 25.5 Å². The number of para-hydroxylation sites is 1. The van der Waals surface area contributed by atoms with Gasteiger partial charge in [0.15, 0.2) is 16.8 Å². The first-order valence-electron chi connectivity index (χ1n) is 8.48. The second-order valence-electron chi connectivity index (χ2n) is 5.75. The van der Waals surface area contributed by atoms with E-state index in [4.69, 9.17) is 4.74 Å². The number of nitrogens with one attached hydrogen (secondary N) is 1. The molecule has 136 valence electrons. The third kappa shape index (κ3) is 3.65. The van der Waals surface area contributed by atoms with Gasteiger partial charge in [0.05, 0.1) is 30.9 Å². The van der Waals surface area contributed by atoms with Crippen molar-refractivity contribution in [3.8, 4) is 5.82 Å².